The largest absolute Gasteiger partial charge is 0.343 e. The van der Waals surface area contributed by atoms with Gasteiger partial charge in [0, 0.05) is 19.5 Å². The Morgan fingerprint density at radius 2 is 1.67 bits per heavy atom. The average Bonchev–Trinajstić information content (AvgIpc) is 2.59. The van der Waals surface area contributed by atoms with Crippen LogP contribution in [0.15, 0.2) is 0 Å². The number of likely N-dealkylation sites (tertiary alicyclic amines) is 1. The predicted molar refractivity (Wildman–Crippen MR) is 54.2 cm³/mol. The third kappa shape index (κ3) is 4.37. The van der Waals surface area contributed by atoms with E-state index in [9.17, 15) is 4.79 Å². The standard InChI is InChI=1S/C7H13NO.C2H6.CH4/c1-2-7(9)8-5-3-4-6-8;1-2;/h2-6H2,1H3;1-2H3;1H4. The molecule has 0 aliphatic carbocycles. The van der Waals surface area contributed by atoms with Gasteiger partial charge in [0.1, 0.15) is 0 Å². The Balaban J connectivity index is 0. The van der Waals surface area contributed by atoms with E-state index in [0.717, 1.165) is 13.1 Å². The van der Waals surface area contributed by atoms with Crippen molar-refractivity contribution in [2.45, 2.75) is 47.5 Å². The maximum Gasteiger partial charge on any atom is 0.222 e. The molecule has 0 aromatic carbocycles. The molecule has 0 unspecified atom stereocenters. The van der Waals surface area contributed by atoms with E-state index in [1.54, 1.807) is 0 Å². The van der Waals surface area contributed by atoms with Crippen LogP contribution in [0.1, 0.15) is 47.5 Å². The van der Waals surface area contributed by atoms with Crippen LogP contribution in [0.4, 0.5) is 0 Å². The van der Waals surface area contributed by atoms with E-state index in [1.807, 2.05) is 25.7 Å². The number of carbonyl (C=O) groups excluding carboxylic acids is 1. The molecule has 0 aromatic heterocycles. The monoisotopic (exact) mass is 173 g/mol. The second kappa shape index (κ2) is 8.57. The molecule has 1 amide bonds. The number of amides is 1. The Morgan fingerprint density at radius 3 is 2.00 bits per heavy atom. The molecule has 1 aliphatic heterocycles. The van der Waals surface area contributed by atoms with Crippen LogP contribution in [0.25, 0.3) is 0 Å². The average molecular weight is 173 g/mol. The number of hydrogen-bond acceptors (Lipinski definition) is 1. The van der Waals surface area contributed by atoms with Gasteiger partial charge < -0.3 is 4.90 Å². The Labute approximate surface area is 77.0 Å². The Kier molecular flexibility index (Phi) is 10.0. The molecule has 2 heteroatoms. The Hall–Kier alpha value is -0.530. The Morgan fingerprint density at radius 1 is 1.25 bits per heavy atom. The maximum atomic E-state index is 10.9. The third-order valence-electron chi connectivity index (χ3n) is 1.76. The highest BCUT2D eigenvalue weighted by Gasteiger charge is 2.14. The summed E-state index contributed by atoms with van der Waals surface area (Å²) in [4.78, 5) is 12.9. The van der Waals surface area contributed by atoms with Crippen molar-refractivity contribution in [2.75, 3.05) is 13.1 Å². The first kappa shape index (κ1) is 14.0. The summed E-state index contributed by atoms with van der Waals surface area (Å²) in [5.41, 5.74) is 0. The van der Waals surface area contributed by atoms with Crippen LogP contribution in [0.5, 0.6) is 0 Å². The number of rotatable bonds is 1. The molecule has 0 saturated carbocycles. The van der Waals surface area contributed by atoms with Crippen molar-refractivity contribution in [1.82, 2.24) is 4.90 Å². The molecule has 12 heavy (non-hydrogen) atoms. The summed E-state index contributed by atoms with van der Waals surface area (Å²) in [7, 11) is 0. The van der Waals surface area contributed by atoms with Crippen molar-refractivity contribution in [3.63, 3.8) is 0 Å². The quantitative estimate of drug-likeness (QED) is 0.597. The van der Waals surface area contributed by atoms with Gasteiger partial charge in [0.2, 0.25) is 5.91 Å². The van der Waals surface area contributed by atoms with Crippen LogP contribution in [0.3, 0.4) is 0 Å². The lowest BCUT2D eigenvalue weighted by molar-refractivity contribution is -0.129. The first-order valence-electron chi connectivity index (χ1n) is 4.62. The van der Waals surface area contributed by atoms with Crippen LogP contribution in [-0.4, -0.2) is 23.9 Å². The molecule has 0 N–H and O–H groups in total. The molecule has 2 nitrogen and oxygen atoms in total. The van der Waals surface area contributed by atoms with Gasteiger partial charge in [0.05, 0.1) is 0 Å². The van der Waals surface area contributed by atoms with Crippen molar-refractivity contribution in [3.8, 4) is 0 Å². The van der Waals surface area contributed by atoms with E-state index >= 15 is 0 Å². The second-order valence-corrected chi connectivity index (χ2v) is 2.44. The minimum Gasteiger partial charge on any atom is -0.343 e. The molecule has 0 aromatic rings. The fourth-order valence-corrected chi connectivity index (χ4v) is 1.19. The summed E-state index contributed by atoms with van der Waals surface area (Å²) in [6.07, 6.45) is 3.07. The first-order chi connectivity index (χ1) is 5.34. The predicted octanol–water partition coefficient (Wildman–Crippen LogP) is 2.68. The molecular weight excluding hydrogens is 150 g/mol. The second-order valence-electron chi connectivity index (χ2n) is 2.44. The molecule has 74 valence electrons. The summed E-state index contributed by atoms with van der Waals surface area (Å²) < 4.78 is 0. The lowest BCUT2D eigenvalue weighted by Crippen LogP contribution is -2.26. The zero-order valence-corrected chi connectivity index (χ0v) is 7.89. The van der Waals surface area contributed by atoms with Crippen molar-refractivity contribution in [3.05, 3.63) is 0 Å². The van der Waals surface area contributed by atoms with Gasteiger partial charge in [-0.25, -0.2) is 0 Å². The first-order valence-corrected chi connectivity index (χ1v) is 4.62. The summed E-state index contributed by atoms with van der Waals surface area (Å²) in [6, 6.07) is 0. The van der Waals surface area contributed by atoms with Crippen LogP contribution >= 0.6 is 0 Å². The fraction of sp³-hybridized carbons (Fsp3) is 0.900. The lowest BCUT2D eigenvalue weighted by atomic mass is 10.4. The van der Waals surface area contributed by atoms with Gasteiger partial charge in [0.25, 0.3) is 0 Å². The van der Waals surface area contributed by atoms with Gasteiger partial charge >= 0.3 is 0 Å². The van der Waals surface area contributed by atoms with E-state index in [2.05, 4.69) is 0 Å². The molecule has 0 bridgehead atoms. The number of nitrogens with zero attached hydrogens (tertiary/aromatic N) is 1. The Bertz CT molecular complexity index is 106. The van der Waals surface area contributed by atoms with Gasteiger partial charge in [-0.1, -0.05) is 28.2 Å². The molecule has 1 fully saturated rings. The highest BCUT2D eigenvalue weighted by Crippen LogP contribution is 2.07. The van der Waals surface area contributed by atoms with E-state index in [1.165, 1.54) is 12.8 Å². The van der Waals surface area contributed by atoms with Crippen molar-refractivity contribution in [1.29, 1.82) is 0 Å². The molecule has 1 saturated heterocycles. The molecule has 0 atom stereocenters. The van der Waals surface area contributed by atoms with Crippen LogP contribution in [-0.2, 0) is 4.79 Å². The molecule has 1 heterocycles. The fourth-order valence-electron chi connectivity index (χ4n) is 1.19. The SMILES string of the molecule is C.CC.CCC(=O)N1CCCC1. The van der Waals surface area contributed by atoms with Crippen molar-refractivity contribution in [2.24, 2.45) is 0 Å². The normalized spacial score (nSPS) is 14.4. The van der Waals surface area contributed by atoms with Gasteiger partial charge in [-0.15, -0.1) is 0 Å². The number of carbonyl (C=O) groups is 1. The molecule has 0 spiro atoms. The van der Waals surface area contributed by atoms with Gasteiger partial charge in [-0.2, -0.15) is 0 Å². The summed E-state index contributed by atoms with van der Waals surface area (Å²) >= 11 is 0. The summed E-state index contributed by atoms with van der Waals surface area (Å²) in [5, 5.41) is 0. The van der Waals surface area contributed by atoms with Crippen LogP contribution in [0.2, 0.25) is 0 Å². The van der Waals surface area contributed by atoms with Crippen molar-refractivity contribution >= 4 is 5.91 Å². The van der Waals surface area contributed by atoms with Gasteiger partial charge in [-0.3, -0.25) is 4.79 Å². The zero-order chi connectivity index (χ0) is 8.69. The van der Waals surface area contributed by atoms with E-state index in [0.29, 0.717) is 12.3 Å². The summed E-state index contributed by atoms with van der Waals surface area (Å²) in [5.74, 6) is 0.313. The molecular formula is C10H23NO. The van der Waals surface area contributed by atoms with E-state index in [-0.39, 0.29) is 7.43 Å². The van der Waals surface area contributed by atoms with Crippen molar-refractivity contribution < 1.29 is 4.79 Å². The maximum absolute atomic E-state index is 10.9. The topological polar surface area (TPSA) is 20.3 Å². The molecule has 1 rings (SSSR count). The smallest absolute Gasteiger partial charge is 0.222 e. The van der Waals surface area contributed by atoms with E-state index in [4.69, 9.17) is 0 Å². The lowest BCUT2D eigenvalue weighted by Gasteiger charge is -2.12. The third-order valence-corrected chi connectivity index (χ3v) is 1.76. The summed E-state index contributed by atoms with van der Waals surface area (Å²) in [6.45, 7) is 7.90. The number of hydrogen-bond donors (Lipinski definition) is 0. The highest BCUT2D eigenvalue weighted by molar-refractivity contribution is 5.75. The van der Waals surface area contributed by atoms with Crippen LogP contribution < -0.4 is 0 Å². The van der Waals surface area contributed by atoms with Crippen LogP contribution in [0, 0.1) is 0 Å². The van der Waals surface area contributed by atoms with Gasteiger partial charge in [-0.05, 0) is 12.8 Å². The van der Waals surface area contributed by atoms with E-state index < -0.39 is 0 Å². The zero-order valence-electron chi connectivity index (χ0n) is 7.89. The minimum absolute atomic E-state index is 0. The molecule has 1 aliphatic rings. The minimum atomic E-state index is 0. The highest BCUT2D eigenvalue weighted by atomic mass is 16.2. The molecule has 0 radical (unpaired) electrons. The van der Waals surface area contributed by atoms with Gasteiger partial charge in [0.15, 0.2) is 0 Å².